The van der Waals surface area contributed by atoms with Gasteiger partial charge in [0.1, 0.15) is 0 Å². The number of carbonyl (C=O) groups is 2. The molecule has 0 aromatic heterocycles. The van der Waals surface area contributed by atoms with Gasteiger partial charge in [-0.3, -0.25) is 9.59 Å². The average molecular weight is 377 g/mol. The van der Waals surface area contributed by atoms with Gasteiger partial charge in [0.15, 0.2) is 0 Å². The van der Waals surface area contributed by atoms with Crippen LogP contribution in [-0.2, 0) is 14.8 Å². The minimum Gasteiger partial charge on any atom is -0.351 e. The molecule has 1 saturated heterocycles. The molecule has 0 radical (unpaired) electrons. The molecule has 0 bridgehead atoms. The van der Waals surface area contributed by atoms with Crippen molar-refractivity contribution in [2.75, 3.05) is 37.2 Å². The maximum Gasteiger partial charge on any atom is 0.253 e. The third-order valence-corrected chi connectivity index (χ3v) is 5.30. The van der Waals surface area contributed by atoms with E-state index in [1.807, 2.05) is 0 Å². The first-order valence-corrected chi connectivity index (χ1v) is 8.90. The van der Waals surface area contributed by atoms with Crippen molar-refractivity contribution in [2.24, 2.45) is 5.73 Å². The first kappa shape index (κ1) is 20.4. The number of halogens is 1. The SMILES string of the molecule is Cl.NCCNC(=O)c1ccccc1NC(=O)CN1CCCS1(=O)=O. The van der Waals surface area contributed by atoms with Crippen LogP contribution in [0.15, 0.2) is 24.3 Å². The third kappa shape index (κ3) is 5.17. The van der Waals surface area contributed by atoms with E-state index >= 15 is 0 Å². The first-order chi connectivity index (χ1) is 10.9. The van der Waals surface area contributed by atoms with Crippen LogP contribution in [0.3, 0.4) is 0 Å². The van der Waals surface area contributed by atoms with Gasteiger partial charge in [0, 0.05) is 19.6 Å². The summed E-state index contributed by atoms with van der Waals surface area (Å²) in [4.78, 5) is 24.1. The molecule has 2 amide bonds. The summed E-state index contributed by atoms with van der Waals surface area (Å²) in [6.45, 7) is 0.732. The summed E-state index contributed by atoms with van der Waals surface area (Å²) in [5, 5.41) is 5.22. The highest BCUT2D eigenvalue weighted by molar-refractivity contribution is 7.89. The Hall–Kier alpha value is -1.68. The summed E-state index contributed by atoms with van der Waals surface area (Å²) < 4.78 is 24.6. The number of rotatable bonds is 6. The number of sulfonamides is 1. The van der Waals surface area contributed by atoms with Crippen molar-refractivity contribution in [2.45, 2.75) is 6.42 Å². The van der Waals surface area contributed by atoms with Gasteiger partial charge in [-0.15, -0.1) is 12.4 Å². The van der Waals surface area contributed by atoms with Crippen molar-refractivity contribution >= 4 is 39.9 Å². The number of nitrogens with two attached hydrogens (primary N) is 1. The van der Waals surface area contributed by atoms with E-state index in [0.29, 0.717) is 37.3 Å². The largest absolute Gasteiger partial charge is 0.351 e. The second-order valence-corrected chi connectivity index (χ2v) is 7.23. The number of carbonyl (C=O) groups excluding carboxylic acids is 2. The minimum absolute atomic E-state index is 0. The number of benzene rings is 1. The third-order valence-electron chi connectivity index (χ3n) is 3.40. The van der Waals surface area contributed by atoms with E-state index in [9.17, 15) is 18.0 Å². The Morgan fingerprint density at radius 3 is 2.58 bits per heavy atom. The van der Waals surface area contributed by atoms with Gasteiger partial charge >= 0.3 is 0 Å². The second kappa shape index (κ2) is 8.97. The maximum absolute atomic E-state index is 12.1. The van der Waals surface area contributed by atoms with Crippen LogP contribution in [0.25, 0.3) is 0 Å². The van der Waals surface area contributed by atoms with Crippen molar-refractivity contribution in [3.8, 4) is 0 Å². The molecule has 1 aromatic carbocycles. The predicted molar refractivity (Wildman–Crippen MR) is 93.7 cm³/mol. The van der Waals surface area contributed by atoms with Crippen LogP contribution < -0.4 is 16.4 Å². The van der Waals surface area contributed by atoms with Crippen molar-refractivity contribution in [3.05, 3.63) is 29.8 Å². The Labute approximate surface area is 147 Å². The van der Waals surface area contributed by atoms with Crippen LogP contribution in [0.1, 0.15) is 16.8 Å². The molecule has 0 aliphatic carbocycles. The van der Waals surface area contributed by atoms with E-state index in [2.05, 4.69) is 10.6 Å². The Bertz CT molecular complexity index is 696. The molecule has 0 atom stereocenters. The van der Waals surface area contributed by atoms with E-state index in [1.54, 1.807) is 24.3 Å². The van der Waals surface area contributed by atoms with Gasteiger partial charge < -0.3 is 16.4 Å². The van der Waals surface area contributed by atoms with Gasteiger partial charge in [-0.25, -0.2) is 8.42 Å². The number of nitrogens with zero attached hydrogens (tertiary/aromatic N) is 1. The maximum atomic E-state index is 12.1. The average Bonchev–Trinajstić information content (AvgIpc) is 2.84. The van der Waals surface area contributed by atoms with Crippen LogP contribution >= 0.6 is 12.4 Å². The number of anilines is 1. The lowest BCUT2D eigenvalue weighted by molar-refractivity contribution is -0.116. The van der Waals surface area contributed by atoms with Crippen LogP contribution in [0.2, 0.25) is 0 Å². The van der Waals surface area contributed by atoms with Crippen molar-refractivity contribution in [1.82, 2.24) is 9.62 Å². The van der Waals surface area contributed by atoms with Gasteiger partial charge in [0.2, 0.25) is 15.9 Å². The van der Waals surface area contributed by atoms with Crippen LogP contribution in [0.5, 0.6) is 0 Å². The van der Waals surface area contributed by atoms with Gasteiger partial charge in [-0.1, -0.05) is 12.1 Å². The van der Waals surface area contributed by atoms with Gasteiger partial charge in [0.05, 0.1) is 23.5 Å². The number of hydrogen-bond donors (Lipinski definition) is 3. The van der Waals surface area contributed by atoms with E-state index in [0.717, 1.165) is 4.31 Å². The number of amides is 2. The highest BCUT2D eigenvalue weighted by atomic mass is 35.5. The Morgan fingerprint density at radius 1 is 1.25 bits per heavy atom. The molecule has 1 fully saturated rings. The van der Waals surface area contributed by atoms with Crippen molar-refractivity contribution in [1.29, 1.82) is 0 Å². The summed E-state index contributed by atoms with van der Waals surface area (Å²) in [7, 11) is -3.33. The van der Waals surface area contributed by atoms with E-state index in [4.69, 9.17) is 5.73 Å². The number of hydrogen-bond acceptors (Lipinski definition) is 5. The summed E-state index contributed by atoms with van der Waals surface area (Å²) in [6, 6.07) is 6.53. The smallest absolute Gasteiger partial charge is 0.253 e. The number of para-hydroxylation sites is 1. The Kier molecular flexibility index (Phi) is 7.61. The van der Waals surface area contributed by atoms with E-state index in [1.165, 1.54) is 0 Å². The molecule has 134 valence electrons. The monoisotopic (exact) mass is 376 g/mol. The fourth-order valence-corrected chi connectivity index (χ4v) is 3.76. The predicted octanol–water partition coefficient (Wildman–Crippen LogP) is -0.229. The van der Waals surface area contributed by atoms with Gasteiger partial charge in [-0.05, 0) is 18.6 Å². The fraction of sp³-hybridized carbons (Fsp3) is 0.429. The first-order valence-electron chi connectivity index (χ1n) is 7.29. The van der Waals surface area contributed by atoms with Crippen LogP contribution in [-0.4, -0.2) is 56.5 Å². The Balaban J connectivity index is 0.00000288. The lowest BCUT2D eigenvalue weighted by atomic mass is 10.1. The molecule has 1 aliphatic heterocycles. The second-order valence-electron chi connectivity index (χ2n) is 5.14. The molecule has 1 aliphatic rings. The summed E-state index contributed by atoms with van der Waals surface area (Å²) in [6.07, 6.45) is 0.522. The van der Waals surface area contributed by atoms with Gasteiger partial charge in [0.25, 0.3) is 5.91 Å². The molecule has 1 aromatic rings. The minimum atomic E-state index is -3.33. The van der Waals surface area contributed by atoms with E-state index < -0.39 is 15.9 Å². The van der Waals surface area contributed by atoms with Crippen molar-refractivity contribution < 1.29 is 18.0 Å². The zero-order valence-corrected chi connectivity index (χ0v) is 14.7. The summed E-state index contributed by atoms with van der Waals surface area (Å²) >= 11 is 0. The molecular formula is C14H21ClN4O4S. The van der Waals surface area contributed by atoms with Crippen LogP contribution in [0, 0.1) is 0 Å². The molecule has 8 nitrogen and oxygen atoms in total. The summed E-state index contributed by atoms with van der Waals surface area (Å²) in [5.74, 6) is -0.757. The molecule has 24 heavy (non-hydrogen) atoms. The topological polar surface area (TPSA) is 122 Å². The molecule has 2 rings (SSSR count). The molecule has 10 heteroatoms. The lowest BCUT2D eigenvalue weighted by Crippen LogP contribution is -2.35. The highest BCUT2D eigenvalue weighted by Crippen LogP contribution is 2.16. The van der Waals surface area contributed by atoms with E-state index in [-0.39, 0.29) is 30.6 Å². The zero-order chi connectivity index (χ0) is 16.9. The molecule has 0 unspecified atom stereocenters. The van der Waals surface area contributed by atoms with Crippen molar-refractivity contribution in [3.63, 3.8) is 0 Å². The van der Waals surface area contributed by atoms with Gasteiger partial charge in [-0.2, -0.15) is 4.31 Å². The quantitative estimate of drug-likeness (QED) is 0.633. The molecular weight excluding hydrogens is 356 g/mol. The Morgan fingerprint density at radius 2 is 1.96 bits per heavy atom. The molecule has 0 spiro atoms. The fourth-order valence-electron chi connectivity index (χ4n) is 2.29. The van der Waals surface area contributed by atoms with Crippen LogP contribution in [0.4, 0.5) is 5.69 Å². The normalized spacial score (nSPS) is 16.2. The lowest BCUT2D eigenvalue weighted by Gasteiger charge is -2.15. The highest BCUT2D eigenvalue weighted by Gasteiger charge is 2.30. The molecule has 0 saturated carbocycles. The molecule has 4 N–H and O–H groups in total. The summed E-state index contributed by atoms with van der Waals surface area (Å²) in [5.41, 5.74) is 5.98. The number of nitrogens with one attached hydrogen (secondary N) is 2. The molecule has 1 heterocycles. The zero-order valence-electron chi connectivity index (χ0n) is 13.0. The standard InChI is InChI=1S/C14H20N4O4S.ClH/c15-6-7-16-14(20)11-4-1-2-5-12(11)17-13(19)10-18-8-3-9-23(18,21)22;/h1-2,4-5H,3,6-10,15H2,(H,16,20)(H,17,19);1H.